The normalized spacial score (nSPS) is 23.1. The van der Waals surface area contributed by atoms with E-state index in [-0.39, 0.29) is 6.10 Å². The van der Waals surface area contributed by atoms with Crippen LogP contribution in [0.25, 0.3) is 0 Å². The molecule has 4 nitrogen and oxygen atoms in total. The van der Waals surface area contributed by atoms with E-state index < -0.39 is 0 Å². The summed E-state index contributed by atoms with van der Waals surface area (Å²) in [5.74, 6) is 0.591. The van der Waals surface area contributed by atoms with Crippen molar-refractivity contribution >= 4 is 11.4 Å². The van der Waals surface area contributed by atoms with Crippen LogP contribution in [-0.2, 0) is 11.2 Å². The van der Waals surface area contributed by atoms with E-state index >= 15 is 0 Å². The standard InChI is InChI=1S/C15H21N3O/c1-11-6-8-18(10-15(11)19-2)13-3-4-14(17)12(9-13)5-7-16/h3-4,9,11,15H,5-6,8,10,17H2,1-2H3. The molecule has 102 valence electrons. The Morgan fingerprint density at radius 1 is 1.53 bits per heavy atom. The molecule has 1 saturated heterocycles. The quantitative estimate of drug-likeness (QED) is 0.845. The third kappa shape index (κ3) is 2.99. The minimum atomic E-state index is 0.269. The van der Waals surface area contributed by atoms with Gasteiger partial charge >= 0.3 is 0 Å². The van der Waals surface area contributed by atoms with E-state index in [4.69, 9.17) is 15.7 Å². The van der Waals surface area contributed by atoms with E-state index in [0.717, 1.165) is 30.8 Å². The molecule has 0 aliphatic carbocycles. The summed E-state index contributed by atoms with van der Waals surface area (Å²) in [5.41, 5.74) is 8.62. The van der Waals surface area contributed by atoms with Crippen LogP contribution in [-0.4, -0.2) is 26.3 Å². The molecular formula is C15H21N3O. The Labute approximate surface area is 114 Å². The number of benzene rings is 1. The first kappa shape index (κ1) is 13.7. The van der Waals surface area contributed by atoms with Crippen molar-refractivity contribution in [3.8, 4) is 6.07 Å². The van der Waals surface area contributed by atoms with Gasteiger partial charge in [0.25, 0.3) is 0 Å². The molecule has 1 aromatic carbocycles. The number of nitrogen functional groups attached to an aromatic ring is 1. The van der Waals surface area contributed by atoms with Crippen LogP contribution in [0.2, 0.25) is 0 Å². The zero-order valence-electron chi connectivity index (χ0n) is 11.6. The fourth-order valence-electron chi connectivity index (χ4n) is 2.60. The van der Waals surface area contributed by atoms with Crippen LogP contribution in [0.3, 0.4) is 0 Å². The van der Waals surface area contributed by atoms with Gasteiger partial charge in [-0.05, 0) is 36.1 Å². The minimum Gasteiger partial charge on any atom is -0.398 e. The van der Waals surface area contributed by atoms with Gasteiger partial charge in [0.1, 0.15) is 0 Å². The molecule has 19 heavy (non-hydrogen) atoms. The number of nitriles is 1. The number of rotatable bonds is 3. The zero-order valence-corrected chi connectivity index (χ0v) is 11.6. The van der Waals surface area contributed by atoms with Crippen molar-refractivity contribution in [3.63, 3.8) is 0 Å². The number of nitrogens with zero attached hydrogens (tertiary/aromatic N) is 2. The van der Waals surface area contributed by atoms with E-state index in [1.54, 1.807) is 7.11 Å². The lowest BCUT2D eigenvalue weighted by atomic mass is 9.95. The van der Waals surface area contributed by atoms with E-state index in [2.05, 4.69) is 17.9 Å². The molecule has 0 bridgehead atoms. The summed E-state index contributed by atoms with van der Waals surface area (Å²) in [6.07, 6.45) is 1.75. The van der Waals surface area contributed by atoms with Crippen LogP contribution < -0.4 is 10.6 Å². The lowest BCUT2D eigenvalue weighted by Crippen LogP contribution is -2.43. The van der Waals surface area contributed by atoms with Gasteiger partial charge in [0, 0.05) is 31.6 Å². The first-order valence-electron chi connectivity index (χ1n) is 6.68. The Morgan fingerprint density at radius 3 is 3.00 bits per heavy atom. The van der Waals surface area contributed by atoms with Gasteiger partial charge in [-0.25, -0.2) is 0 Å². The predicted octanol–water partition coefficient (Wildman–Crippen LogP) is 2.20. The van der Waals surface area contributed by atoms with Gasteiger partial charge in [-0.3, -0.25) is 0 Å². The van der Waals surface area contributed by atoms with Crippen molar-refractivity contribution in [2.45, 2.75) is 25.9 Å². The lowest BCUT2D eigenvalue weighted by molar-refractivity contribution is 0.0498. The van der Waals surface area contributed by atoms with Gasteiger partial charge in [0.2, 0.25) is 0 Å². The molecule has 0 spiro atoms. The van der Waals surface area contributed by atoms with Crippen LogP contribution >= 0.6 is 0 Å². The average Bonchev–Trinajstić information content (AvgIpc) is 2.42. The molecule has 2 N–H and O–H groups in total. The largest absolute Gasteiger partial charge is 0.398 e. The second kappa shape index (κ2) is 5.94. The van der Waals surface area contributed by atoms with E-state index in [1.165, 1.54) is 0 Å². The molecule has 2 rings (SSSR count). The maximum Gasteiger partial charge on any atom is 0.0772 e. The van der Waals surface area contributed by atoms with E-state index in [0.29, 0.717) is 18.0 Å². The van der Waals surface area contributed by atoms with Crippen molar-refractivity contribution in [2.24, 2.45) is 5.92 Å². The summed E-state index contributed by atoms with van der Waals surface area (Å²) >= 11 is 0. The Bertz CT molecular complexity index is 481. The summed E-state index contributed by atoms with van der Waals surface area (Å²) in [6.45, 7) is 4.15. The van der Waals surface area contributed by atoms with Crippen molar-refractivity contribution in [3.05, 3.63) is 23.8 Å². The van der Waals surface area contributed by atoms with Gasteiger partial charge in [0.05, 0.1) is 18.6 Å². The monoisotopic (exact) mass is 259 g/mol. The molecule has 0 radical (unpaired) electrons. The Hall–Kier alpha value is -1.73. The van der Waals surface area contributed by atoms with Crippen molar-refractivity contribution in [1.82, 2.24) is 0 Å². The third-order valence-electron chi connectivity index (χ3n) is 3.95. The summed E-state index contributed by atoms with van der Waals surface area (Å²) in [7, 11) is 1.77. The molecule has 4 heteroatoms. The van der Waals surface area contributed by atoms with Crippen molar-refractivity contribution in [2.75, 3.05) is 30.8 Å². The number of hydrogen-bond acceptors (Lipinski definition) is 4. The van der Waals surface area contributed by atoms with Crippen molar-refractivity contribution in [1.29, 1.82) is 5.26 Å². The summed E-state index contributed by atoms with van der Waals surface area (Å²) in [4.78, 5) is 2.31. The SMILES string of the molecule is COC1CN(c2ccc(N)c(CC#N)c2)CCC1C. The molecule has 1 aromatic rings. The Kier molecular flexibility index (Phi) is 4.28. The van der Waals surface area contributed by atoms with E-state index in [9.17, 15) is 0 Å². The van der Waals surface area contributed by atoms with Crippen LogP contribution in [0.15, 0.2) is 18.2 Å². The van der Waals surface area contributed by atoms with Gasteiger partial charge in [-0.1, -0.05) is 6.92 Å². The summed E-state index contributed by atoms with van der Waals surface area (Å²) in [6, 6.07) is 8.11. The first-order chi connectivity index (χ1) is 9.15. The number of anilines is 2. The number of nitrogens with two attached hydrogens (primary N) is 1. The second-order valence-electron chi connectivity index (χ2n) is 5.20. The predicted molar refractivity (Wildman–Crippen MR) is 77.0 cm³/mol. The van der Waals surface area contributed by atoms with Gasteiger partial charge in [-0.15, -0.1) is 0 Å². The highest BCUT2D eigenvalue weighted by Crippen LogP contribution is 2.27. The molecule has 2 atom stereocenters. The number of hydrogen-bond donors (Lipinski definition) is 1. The number of piperidine rings is 1. The smallest absolute Gasteiger partial charge is 0.0772 e. The van der Waals surface area contributed by atoms with Crippen LogP contribution in [0.5, 0.6) is 0 Å². The fourth-order valence-corrected chi connectivity index (χ4v) is 2.60. The highest BCUT2D eigenvalue weighted by molar-refractivity contribution is 5.59. The average molecular weight is 259 g/mol. The molecule has 0 amide bonds. The zero-order chi connectivity index (χ0) is 13.8. The molecule has 0 saturated carbocycles. The fraction of sp³-hybridized carbons (Fsp3) is 0.533. The topological polar surface area (TPSA) is 62.3 Å². The molecule has 0 aromatic heterocycles. The minimum absolute atomic E-state index is 0.269. The first-order valence-corrected chi connectivity index (χ1v) is 6.68. The molecule has 1 aliphatic heterocycles. The van der Waals surface area contributed by atoms with Gasteiger partial charge < -0.3 is 15.4 Å². The Balaban J connectivity index is 2.18. The Morgan fingerprint density at radius 2 is 2.32 bits per heavy atom. The lowest BCUT2D eigenvalue weighted by Gasteiger charge is -2.37. The molecule has 1 heterocycles. The van der Waals surface area contributed by atoms with Gasteiger partial charge in [-0.2, -0.15) is 5.26 Å². The molecule has 1 aliphatic rings. The molecule has 2 unspecified atom stereocenters. The highest BCUT2D eigenvalue weighted by Gasteiger charge is 2.26. The maximum absolute atomic E-state index is 8.82. The summed E-state index contributed by atoms with van der Waals surface area (Å²) < 4.78 is 5.54. The highest BCUT2D eigenvalue weighted by atomic mass is 16.5. The van der Waals surface area contributed by atoms with E-state index in [1.807, 2.05) is 18.2 Å². The van der Waals surface area contributed by atoms with Crippen LogP contribution in [0.1, 0.15) is 18.9 Å². The maximum atomic E-state index is 8.82. The number of methoxy groups -OCH3 is 1. The van der Waals surface area contributed by atoms with Crippen LogP contribution in [0.4, 0.5) is 11.4 Å². The molecule has 1 fully saturated rings. The summed E-state index contributed by atoms with van der Waals surface area (Å²) in [5, 5.41) is 8.82. The molecular weight excluding hydrogens is 238 g/mol. The second-order valence-corrected chi connectivity index (χ2v) is 5.20. The van der Waals surface area contributed by atoms with Crippen molar-refractivity contribution < 1.29 is 4.74 Å². The third-order valence-corrected chi connectivity index (χ3v) is 3.95. The number of ether oxygens (including phenoxy) is 1. The van der Waals surface area contributed by atoms with Crippen LogP contribution in [0, 0.1) is 17.2 Å². The van der Waals surface area contributed by atoms with Gasteiger partial charge in [0.15, 0.2) is 0 Å².